The Labute approximate surface area is 90.3 Å². The van der Waals surface area contributed by atoms with Gasteiger partial charge in [-0.15, -0.1) is 12.4 Å². The van der Waals surface area contributed by atoms with Crippen LogP contribution in [0.4, 0.5) is 0 Å². The summed E-state index contributed by atoms with van der Waals surface area (Å²) in [5.41, 5.74) is 6.65. The first-order valence-corrected chi connectivity index (χ1v) is 4.22. The van der Waals surface area contributed by atoms with Crippen molar-refractivity contribution < 1.29 is 9.84 Å². The van der Waals surface area contributed by atoms with Crippen molar-refractivity contribution in [2.24, 2.45) is 5.73 Å². The number of rotatable bonds is 3. The second-order valence-electron chi connectivity index (χ2n) is 3.04. The molecule has 3 nitrogen and oxygen atoms in total. The molecule has 0 aliphatic rings. The Morgan fingerprint density at radius 1 is 1.29 bits per heavy atom. The van der Waals surface area contributed by atoms with Crippen molar-refractivity contribution in [3.05, 3.63) is 29.8 Å². The largest absolute Gasteiger partial charge is 0.497 e. The predicted molar refractivity (Wildman–Crippen MR) is 58.9 cm³/mol. The number of hydrogen-bond acceptors (Lipinski definition) is 3. The van der Waals surface area contributed by atoms with Crippen molar-refractivity contribution >= 4 is 12.4 Å². The zero-order valence-electron chi connectivity index (χ0n) is 8.31. The lowest BCUT2D eigenvalue weighted by atomic mass is 10.0. The quantitative estimate of drug-likeness (QED) is 0.807. The Bertz CT molecular complexity index is 261. The normalized spacial score (nSPS) is 14.0. The predicted octanol–water partition coefficient (Wildman–Crippen LogP) is 1.50. The third-order valence-electron chi connectivity index (χ3n) is 2.02. The maximum atomic E-state index is 9.24. The van der Waals surface area contributed by atoms with Crippen LogP contribution >= 0.6 is 12.4 Å². The van der Waals surface area contributed by atoms with Gasteiger partial charge in [-0.3, -0.25) is 0 Å². The van der Waals surface area contributed by atoms with Gasteiger partial charge in [0.2, 0.25) is 0 Å². The van der Waals surface area contributed by atoms with Crippen LogP contribution in [-0.4, -0.2) is 18.3 Å². The fraction of sp³-hybridized carbons (Fsp3) is 0.400. The van der Waals surface area contributed by atoms with E-state index in [1.807, 2.05) is 24.3 Å². The van der Waals surface area contributed by atoms with Crippen LogP contribution in [0.2, 0.25) is 0 Å². The van der Waals surface area contributed by atoms with E-state index in [1.165, 1.54) is 0 Å². The number of hydrogen-bond donors (Lipinski definition) is 2. The molecule has 3 N–H and O–H groups in total. The van der Waals surface area contributed by atoms with Gasteiger partial charge in [-0.2, -0.15) is 0 Å². The number of halogens is 1. The third kappa shape index (κ3) is 3.18. The van der Waals surface area contributed by atoms with E-state index in [-0.39, 0.29) is 18.4 Å². The molecule has 1 aromatic rings. The van der Waals surface area contributed by atoms with Gasteiger partial charge >= 0.3 is 0 Å². The molecule has 0 saturated heterocycles. The number of ether oxygens (including phenoxy) is 1. The SMILES string of the molecule is COc1ccc([C@@H](N)[C@H](C)O)cc1.Cl. The molecule has 80 valence electrons. The van der Waals surface area contributed by atoms with Crippen LogP contribution < -0.4 is 10.5 Å². The second-order valence-corrected chi connectivity index (χ2v) is 3.04. The van der Waals surface area contributed by atoms with Gasteiger partial charge in [-0.1, -0.05) is 12.1 Å². The number of aliphatic hydroxyl groups is 1. The van der Waals surface area contributed by atoms with Gasteiger partial charge in [0.1, 0.15) is 5.75 Å². The van der Waals surface area contributed by atoms with E-state index < -0.39 is 6.10 Å². The van der Waals surface area contributed by atoms with Gasteiger partial charge in [-0.25, -0.2) is 0 Å². The fourth-order valence-electron chi connectivity index (χ4n) is 1.10. The summed E-state index contributed by atoms with van der Waals surface area (Å²) in [6.45, 7) is 1.68. The first-order chi connectivity index (χ1) is 6.15. The average molecular weight is 218 g/mol. The van der Waals surface area contributed by atoms with E-state index in [4.69, 9.17) is 10.5 Å². The molecule has 0 unspecified atom stereocenters. The summed E-state index contributed by atoms with van der Waals surface area (Å²) in [7, 11) is 1.61. The highest BCUT2D eigenvalue weighted by atomic mass is 35.5. The lowest BCUT2D eigenvalue weighted by Crippen LogP contribution is -2.22. The summed E-state index contributed by atoms with van der Waals surface area (Å²) in [6.07, 6.45) is -0.534. The van der Waals surface area contributed by atoms with Gasteiger partial charge < -0.3 is 15.6 Å². The topological polar surface area (TPSA) is 55.5 Å². The summed E-state index contributed by atoms with van der Waals surface area (Å²) in [5.74, 6) is 0.793. The van der Waals surface area contributed by atoms with Crippen molar-refractivity contribution in [2.75, 3.05) is 7.11 Å². The van der Waals surface area contributed by atoms with Crippen molar-refractivity contribution in [3.8, 4) is 5.75 Å². The van der Waals surface area contributed by atoms with Crippen LogP contribution in [0.1, 0.15) is 18.5 Å². The lowest BCUT2D eigenvalue weighted by molar-refractivity contribution is 0.164. The maximum Gasteiger partial charge on any atom is 0.118 e. The maximum absolute atomic E-state index is 9.24. The fourth-order valence-corrected chi connectivity index (χ4v) is 1.10. The summed E-state index contributed by atoms with van der Waals surface area (Å²) < 4.78 is 5.01. The molecular weight excluding hydrogens is 202 g/mol. The first kappa shape index (κ1) is 13.2. The molecule has 0 fully saturated rings. The van der Waals surface area contributed by atoms with Crippen LogP contribution in [0.25, 0.3) is 0 Å². The van der Waals surface area contributed by atoms with E-state index in [9.17, 15) is 5.11 Å². The summed E-state index contributed by atoms with van der Waals surface area (Å²) in [6, 6.07) is 7.05. The number of nitrogens with two attached hydrogens (primary N) is 1. The van der Waals surface area contributed by atoms with Gasteiger partial charge in [0.05, 0.1) is 19.3 Å². The zero-order chi connectivity index (χ0) is 9.84. The summed E-state index contributed by atoms with van der Waals surface area (Å²) >= 11 is 0. The molecule has 0 heterocycles. The Morgan fingerprint density at radius 3 is 2.14 bits per heavy atom. The Hall–Kier alpha value is -0.770. The standard InChI is InChI=1S/C10H15NO2.ClH/c1-7(12)10(11)8-3-5-9(13-2)6-4-8;/h3-7,10,12H,11H2,1-2H3;1H/t7-,10-;/m0./s1. The lowest BCUT2D eigenvalue weighted by Gasteiger charge is -2.14. The van der Waals surface area contributed by atoms with Crippen LogP contribution in [0.3, 0.4) is 0 Å². The van der Waals surface area contributed by atoms with Gasteiger partial charge in [0.25, 0.3) is 0 Å². The van der Waals surface area contributed by atoms with Crippen molar-refractivity contribution in [1.82, 2.24) is 0 Å². The van der Waals surface area contributed by atoms with Crippen molar-refractivity contribution in [1.29, 1.82) is 0 Å². The molecule has 0 aliphatic carbocycles. The molecule has 0 spiro atoms. The van der Waals surface area contributed by atoms with E-state index in [0.717, 1.165) is 11.3 Å². The Morgan fingerprint density at radius 2 is 1.79 bits per heavy atom. The van der Waals surface area contributed by atoms with E-state index in [0.29, 0.717) is 0 Å². The van der Waals surface area contributed by atoms with Gasteiger partial charge in [0.15, 0.2) is 0 Å². The van der Waals surface area contributed by atoms with Crippen LogP contribution in [0, 0.1) is 0 Å². The van der Waals surface area contributed by atoms with Crippen LogP contribution in [0.15, 0.2) is 24.3 Å². The highest BCUT2D eigenvalue weighted by Crippen LogP contribution is 2.17. The second kappa shape index (κ2) is 5.86. The molecule has 0 radical (unpaired) electrons. The zero-order valence-corrected chi connectivity index (χ0v) is 9.12. The summed E-state index contributed by atoms with van der Waals surface area (Å²) in [5, 5.41) is 9.24. The molecule has 2 atom stereocenters. The molecule has 4 heteroatoms. The third-order valence-corrected chi connectivity index (χ3v) is 2.02. The molecule has 14 heavy (non-hydrogen) atoms. The smallest absolute Gasteiger partial charge is 0.118 e. The highest BCUT2D eigenvalue weighted by molar-refractivity contribution is 5.85. The van der Waals surface area contributed by atoms with E-state index in [2.05, 4.69) is 0 Å². The minimum atomic E-state index is -0.534. The van der Waals surface area contributed by atoms with Crippen LogP contribution in [0.5, 0.6) is 5.75 Å². The van der Waals surface area contributed by atoms with Gasteiger partial charge in [-0.05, 0) is 24.6 Å². The molecule has 0 aliphatic heterocycles. The number of methoxy groups -OCH3 is 1. The van der Waals surface area contributed by atoms with E-state index >= 15 is 0 Å². The Balaban J connectivity index is 0.00000169. The first-order valence-electron chi connectivity index (χ1n) is 4.22. The molecule has 0 amide bonds. The average Bonchev–Trinajstić information content (AvgIpc) is 2.17. The minimum Gasteiger partial charge on any atom is -0.497 e. The van der Waals surface area contributed by atoms with Crippen molar-refractivity contribution in [3.63, 3.8) is 0 Å². The number of benzene rings is 1. The van der Waals surface area contributed by atoms with Gasteiger partial charge in [0, 0.05) is 0 Å². The summed E-state index contributed by atoms with van der Waals surface area (Å²) in [4.78, 5) is 0. The number of aliphatic hydroxyl groups excluding tert-OH is 1. The molecule has 1 aromatic carbocycles. The molecule has 0 aromatic heterocycles. The van der Waals surface area contributed by atoms with Crippen molar-refractivity contribution in [2.45, 2.75) is 19.1 Å². The molecular formula is C10H16ClNO2. The molecule has 0 saturated carbocycles. The van der Waals surface area contributed by atoms with E-state index in [1.54, 1.807) is 14.0 Å². The monoisotopic (exact) mass is 217 g/mol. The molecule has 1 rings (SSSR count). The van der Waals surface area contributed by atoms with Crippen LogP contribution in [-0.2, 0) is 0 Å². The highest BCUT2D eigenvalue weighted by Gasteiger charge is 2.11. The molecule has 0 bridgehead atoms. The minimum absolute atomic E-state index is 0. The Kier molecular flexibility index (Phi) is 5.53.